The van der Waals surface area contributed by atoms with Gasteiger partial charge in [0.25, 0.3) is 5.56 Å². The lowest BCUT2D eigenvalue weighted by Gasteiger charge is -2.42. The highest BCUT2D eigenvalue weighted by atomic mass is 32.2. The van der Waals surface area contributed by atoms with Crippen LogP contribution >= 0.6 is 11.8 Å². The predicted octanol–water partition coefficient (Wildman–Crippen LogP) is 7.07. The van der Waals surface area contributed by atoms with Gasteiger partial charge in [-0.1, -0.05) is 75.2 Å². The van der Waals surface area contributed by atoms with Crippen molar-refractivity contribution in [1.82, 2.24) is 9.55 Å². The summed E-state index contributed by atoms with van der Waals surface area (Å²) in [5.41, 5.74) is 2.66. The third-order valence-electron chi connectivity index (χ3n) is 7.63. The molecule has 0 bridgehead atoms. The van der Waals surface area contributed by atoms with Crippen molar-refractivity contribution in [3.8, 4) is 11.3 Å². The molecule has 2 aliphatic carbocycles. The highest BCUT2D eigenvalue weighted by Gasteiger charge is 2.43. The summed E-state index contributed by atoms with van der Waals surface area (Å²) in [7, 11) is 0. The zero-order valence-corrected chi connectivity index (χ0v) is 22.9. The molecule has 39 heavy (non-hydrogen) atoms. The molecule has 1 amide bonds. The van der Waals surface area contributed by atoms with Crippen LogP contribution < -0.4 is 10.9 Å². The van der Waals surface area contributed by atoms with E-state index in [2.05, 4.69) is 11.4 Å². The number of carbonyl (C=O) groups is 1. The van der Waals surface area contributed by atoms with Crippen LogP contribution in [-0.4, -0.2) is 21.2 Å². The van der Waals surface area contributed by atoms with E-state index < -0.39 is 17.6 Å². The van der Waals surface area contributed by atoms with Gasteiger partial charge in [0.2, 0.25) is 5.91 Å². The SMILES string of the molecule is CC(C)Cn1c(SCC(=O)Nc2cccc(C(F)(F)F)c2)nc2c(c1=O)C1(CCCCC1)Cc1ccccc1-2. The number of halogens is 3. The fourth-order valence-corrected chi connectivity index (χ4v) is 6.76. The van der Waals surface area contributed by atoms with Crippen LogP contribution in [0.3, 0.4) is 0 Å². The number of anilines is 1. The van der Waals surface area contributed by atoms with Gasteiger partial charge in [-0.3, -0.25) is 14.2 Å². The summed E-state index contributed by atoms with van der Waals surface area (Å²) < 4.78 is 40.9. The number of nitrogens with zero attached hydrogens (tertiary/aromatic N) is 2. The number of amides is 1. The zero-order valence-electron chi connectivity index (χ0n) is 22.1. The van der Waals surface area contributed by atoms with Crippen molar-refractivity contribution >= 4 is 23.4 Å². The molecule has 0 unspecified atom stereocenters. The van der Waals surface area contributed by atoms with Crippen LogP contribution in [0.5, 0.6) is 0 Å². The standard InChI is InChI=1S/C30H32F3N3O2S/c1-19(2)17-36-27(38)25-26(23-12-5-4-9-20(23)16-29(25)13-6-3-7-14-29)35-28(36)39-18-24(37)34-22-11-8-10-21(15-22)30(31,32)33/h4-5,8-12,15,19H,3,6-7,13-14,16-18H2,1-2H3,(H,34,37). The molecule has 1 heterocycles. The maximum Gasteiger partial charge on any atom is 0.416 e. The van der Waals surface area contributed by atoms with Crippen molar-refractivity contribution < 1.29 is 18.0 Å². The molecule has 1 saturated carbocycles. The molecule has 0 saturated heterocycles. The quantitative estimate of drug-likeness (QED) is 0.261. The molecule has 0 radical (unpaired) electrons. The molecule has 1 fully saturated rings. The second-order valence-corrected chi connectivity index (χ2v) is 12.0. The molecule has 206 valence electrons. The maximum atomic E-state index is 14.2. The minimum absolute atomic E-state index is 0.0362. The van der Waals surface area contributed by atoms with Crippen LogP contribution in [0.1, 0.15) is 62.6 Å². The third kappa shape index (κ3) is 5.64. The Labute approximate surface area is 230 Å². The predicted molar refractivity (Wildman–Crippen MR) is 148 cm³/mol. The number of alkyl halides is 3. The third-order valence-corrected chi connectivity index (χ3v) is 8.61. The molecular weight excluding hydrogens is 523 g/mol. The molecule has 1 spiro atoms. The van der Waals surface area contributed by atoms with E-state index in [0.717, 1.165) is 67.1 Å². The van der Waals surface area contributed by atoms with Gasteiger partial charge < -0.3 is 5.32 Å². The number of hydrogen-bond acceptors (Lipinski definition) is 4. The minimum atomic E-state index is -4.50. The summed E-state index contributed by atoms with van der Waals surface area (Å²) in [6, 6.07) is 12.7. The maximum absolute atomic E-state index is 14.2. The lowest BCUT2D eigenvalue weighted by Crippen LogP contribution is -2.43. The number of nitrogens with one attached hydrogen (secondary N) is 1. The Kier molecular flexibility index (Phi) is 7.64. The summed E-state index contributed by atoms with van der Waals surface area (Å²) in [4.78, 5) is 32.0. The molecule has 2 aromatic carbocycles. The molecule has 0 aliphatic heterocycles. The van der Waals surface area contributed by atoms with Crippen LogP contribution in [0.2, 0.25) is 0 Å². The smallest absolute Gasteiger partial charge is 0.325 e. The van der Waals surface area contributed by atoms with Crippen molar-refractivity contribution in [2.45, 2.75) is 75.7 Å². The summed E-state index contributed by atoms with van der Waals surface area (Å²) in [5, 5.41) is 3.00. The largest absolute Gasteiger partial charge is 0.416 e. The highest BCUT2D eigenvalue weighted by molar-refractivity contribution is 7.99. The Morgan fingerprint density at radius 1 is 1.10 bits per heavy atom. The average Bonchev–Trinajstić information content (AvgIpc) is 2.89. The number of carbonyl (C=O) groups excluding carboxylic acids is 1. The molecule has 9 heteroatoms. The zero-order chi connectivity index (χ0) is 27.8. The number of benzene rings is 2. The van der Waals surface area contributed by atoms with Gasteiger partial charge in [-0.05, 0) is 48.9 Å². The monoisotopic (exact) mass is 555 g/mol. The average molecular weight is 556 g/mol. The van der Waals surface area contributed by atoms with E-state index in [-0.39, 0.29) is 28.3 Å². The van der Waals surface area contributed by atoms with Gasteiger partial charge in [0, 0.05) is 23.2 Å². The van der Waals surface area contributed by atoms with Gasteiger partial charge in [0.1, 0.15) is 0 Å². The van der Waals surface area contributed by atoms with Gasteiger partial charge >= 0.3 is 6.18 Å². The van der Waals surface area contributed by atoms with Gasteiger partial charge in [0.05, 0.1) is 22.6 Å². The molecule has 0 atom stereocenters. The van der Waals surface area contributed by atoms with E-state index in [9.17, 15) is 22.8 Å². The van der Waals surface area contributed by atoms with Crippen LogP contribution in [0.25, 0.3) is 11.3 Å². The minimum Gasteiger partial charge on any atom is -0.325 e. The lowest BCUT2D eigenvalue weighted by atomic mass is 9.62. The van der Waals surface area contributed by atoms with Crippen LogP contribution in [0.4, 0.5) is 18.9 Å². The number of hydrogen-bond donors (Lipinski definition) is 1. The topological polar surface area (TPSA) is 64.0 Å². The molecule has 2 aliphatic rings. The fourth-order valence-electron chi connectivity index (χ4n) is 5.96. The van der Waals surface area contributed by atoms with Gasteiger partial charge in [-0.2, -0.15) is 13.2 Å². The van der Waals surface area contributed by atoms with E-state index in [1.807, 2.05) is 32.0 Å². The van der Waals surface area contributed by atoms with Crippen molar-refractivity contribution in [2.24, 2.45) is 5.92 Å². The van der Waals surface area contributed by atoms with Gasteiger partial charge in [0.15, 0.2) is 5.16 Å². The van der Waals surface area contributed by atoms with Crippen LogP contribution in [0, 0.1) is 5.92 Å². The number of rotatable bonds is 6. The second-order valence-electron chi connectivity index (χ2n) is 11.0. The number of aromatic nitrogens is 2. The Bertz CT molecular complexity index is 1440. The normalized spacial score (nSPS) is 16.2. The summed E-state index contributed by atoms with van der Waals surface area (Å²) in [5.74, 6) is -0.377. The van der Waals surface area contributed by atoms with E-state index in [1.165, 1.54) is 24.1 Å². The van der Waals surface area contributed by atoms with Crippen molar-refractivity contribution in [3.05, 3.63) is 75.6 Å². The molecule has 1 aromatic heterocycles. The molecule has 1 N–H and O–H groups in total. The Hall–Kier alpha value is -3.07. The first-order valence-corrected chi connectivity index (χ1v) is 14.4. The lowest BCUT2D eigenvalue weighted by molar-refractivity contribution is -0.137. The Morgan fingerprint density at radius 3 is 2.56 bits per heavy atom. The van der Waals surface area contributed by atoms with Crippen LogP contribution in [-0.2, 0) is 29.4 Å². The first kappa shape index (κ1) is 27.5. The first-order chi connectivity index (χ1) is 18.6. The molecular formula is C30H32F3N3O2S. The highest BCUT2D eigenvalue weighted by Crippen LogP contribution is 2.48. The Morgan fingerprint density at radius 2 is 1.85 bits per heavy atom. The van der Waals surface area contributed by atoms with Crippen molar-refractivity contribution in [2.75, 3.05) is 11.1 Å². The Balaban J connectivity index is 1.50. The summed E-state index contributed by atoms with van der Waals surface area (Å²) in [6.07, 6.45) is 1.58. The molecule has 5 nitrogen and oxygen atoms in total. The van der Waals surface area contributed by atoms with Gasteiger partial charge in [-0.15, -0.1) is 0 Å². The first-order valence-electron chi connectivity index (χ1n) is 13.4. The van der Waals surface area contributed by atoms with Crippen molar-refractivity contribution in [1.29, 1.82) is 0 Å². The second kappa shape index (κ2) is 10.8. The van der Waals surface area contributed by atoms with E-state index in [4.69, 9.17) is 4.98 Å². The van der Waals surface area contributed by atoms with Crippen molar-refractivity contribution in [3.63, 3.8) is 0 Å². The number of thioether (sulfide) groups is 1. The summed E-state index contributed by atoms with van der Waals surface area (Å²) >= 11 is 1.14. The van der Waals surface area contributed by atoms with E-state index >= 15 is 0 Å². The van der Waals surface area contributed by atoms with Crippen LogP contribution in [0.15, 0.2) is 58.5 Å². The van der Waals surface area contributed by atoms with Gasteiger partial charge in [-0.25, -0.2) is 4.98 Å². The van der Waals surface area contributed by atoms with E-state index in [1.54, 1.807) is 4.57 Å². The molecule has 3 aromatic rings. The molecule has 5 rings (SSSR count). The number of fused-ring (bicyclic) bond motifs is 4. The fraction of sp³-hybridized carbons (Fsp3) is 0.433. The summed E-state index contributed by atoms with van der Waals surface area (Å²) in [6.45, 7) is 4.53. The van der Waals surface area contributed by atoms with E-state index in [0.29, 0.717) is 17.4 Å².